The van der Waals surface area contributed by atoms with Gasteiger partial charge in [-0.3, -0.25) is 0 Å². The molecule has 1 atom stereocenters. The highest BCUT2D eigenvalue weighted by Crippen LogP contribution is 2.66. The molecule has 1 aliphatic heterocycles. The predicted octanol–water partition coefficient (Wildman–Crippen LogP) is 3.14. The summed E-state index contributed by atoms with van der Waals surface area (Å²) in [6.07, 6.45) is 0.787. The summed E-state index contributed by atoms with van der Waals surface area (Å²) in [4.78, 5) is 12.0. The second kappa shape index (κ2) is 5.59. The van der Waals surface area contributed by atoms with E-state index in [2.05, 4.69) is 6.07 Å². The third kappa shape index (κ3) is 3.05. The van der Waals surface area contributed by atoms with Gasteiger partial charge in [0.05, 0.1) is 18.6 Å². The Morgan fingerprint density at radius 3 is 2.55 bits per heavy atom. The number of carbonyl (C=O) groups is 1. The summed E-state index contributed by atoms with van der Waals surface area (Å²) in [7, 11) is 0. The Morgan fingerprint density at radius 1 is 1.50 bits per heavy atom. The lowest BCUT2D eigenvalue weighted by atomic mass is 10.0. The average Bonchev–Trinajstić information content (AvgIpc) is 2.51. The summed E-state index contributed by atoms with van der Waals surface area (Å²) < 4.78 is 4.22. The molecule has 1 amide bonds. The maximum atomic E-state index is 11.1. The topological polar surface area (TPSA) is 99.9 Å². The van der Waals surface area contributed by atoms with Crippen LogP contribution in [0.5, 0.6) is 0 Å². The molecule has 20 heavy (non-hydrogen) atoms. The van der Waals surface area contributed by atoms with Gasteiger partial charge in [-0.05, 0) is 27.7 Å². The number of primary amides is 1. The van der Waals surface area contributed by atoms with Crippen molar-refractivity contribution in [2.24, 2.45) is 5.73 Å². The van der Waals surface area contributed by atoms with Gasteiger partial charge in [0.2, 0.25) is 0 Å². The number of carbonyl (C=O) groups excluding carboxylic acids is 1. The smallest absolute Gasteiger partial charge is 0.405 e. The largest absolute Gasteiger partial charge is 0.441 e. The Balaban J connectivity index is 3.27. The number of thioether (sulfide) groups is 2. The van der Waals surface area contributed by atoms with E-state index < -0.39 is 15.8 Å². The van der Waals surface area contributed by atoms with Gasteiger partial charge in [-0.2, -0.15) is 10.5 Å². The van der Waals surface area contributed by atoms with E-state index in [1.54, 1.807) is 13.8 Å². The van der Waals surface area contributed by atoms with Crippen LogP contribution in [0.2, 0.25) is 0 Å². The lowest BCUT2D eigenvalue weighted by Gasteiger charge is -2.40. The van der Waals surface area contributed by atoms with E-state index in [0.717, 1.165) is 4.91 Å². The van der Waals surface area contributed by atoms with E-state index in [1.165, 1.54) is 29.6 Å². The van der Waals surface area contributed by atoms with Crippen LogP contribution in [-0.4, -0.2) is 20.5 Å². The molecule has 0 aliphatic carbocycles. The summed E-state index contributed by atoms with van der Waals surface area (Å²) in [5.41, 5.74) is 4.19. The van der Waals surface area contributed by atoms with Crippen molar-refractivity contribution < 1.29 is 9.53 Å². The van der Waals surface area contributed by atoms with Crippen LogP contribution in [0, 0.1) is 22.7 Å². The number of nitrogens with zero attached hydrogens (tertiary/aromatic N) is 2. The van der Waals surface area contributed by atoms with Crippen LogP contribution < -0.4 is 5.73 Å². The van der Waals surface area contributed by atoms with Crippen LogP contribution in [0.3, 0.4) is 0 Å². The molecule has 0 aromatic carbocycles. The molecular weight excluding hydrogens is 294 g/mol. The molecule has 2 N–H and O–H groups in total. The molecule has 108 valence electrons. The number of allylic oxidation sites excluding steroid dienone is 1. The predicted molar refractivity (Wildman–Crippen MR) is 80.7 cm³/mol. The molecule has 0 radical (unpaired) electrons. The fourth-order valence-electron chi connectivity index (χ4n) is 2.01. The zero-order chi connectivity index (χ0) is 15.6. The number of amides is 1. The average molecular weight is 311 g/mol. The van der Waals surface area contributed by atoms with Crippen LogP contribution in [-0.2, 0) is 4.74 Å². The van der Waals surface area contributed by atoms with E-state index in [1.807, 2.05) is 19.9 Å². The SMILES string of the molecule is CC1(C)SC(CC#N)(C(C)(C)OC(N)=O)SC1=CC#N. The third-order valence-electron chi connectivity index (χ3n) is 3.07. The lowest BCUT2D eigenvalue weighted by molar-refractivity contribution is 0.0375. The Morgan fingerprint density at radius 2 is 2.10 bits per heavy atom. The van der Waals surface area contributed by atoms with Gasteiger partial charge in [-0.15, -0.1) is 23.5 Å². The first-order chi connectivity index (χ1) is 9.10. The highest BCUT2D eigenvalue weighted by Gasteiger charge is 2.58. The van der Waals surface area contributed by atoms with Gasteiger partial charge >= 0.3 is 6.09 Å². The minimum atomic E-state index is -0.938. The summed E-state index contributed by atoms with van der Waals surface area (Å²) in [6, 6.07) is 4.17. The van der Waals surface area contributed by atoms with Crippen molar-refractivity contribution in [3.8, 4) is 12.1 Å². The fourth-order valence-corrected chi connectivity index (χ4v) is 5.87. The zero-order valence-electron chi connectivity index (χ0n) is 11.9. The summed E-state index contributed by atoms with van der Waals surface area (Å²) in [5.74, 6) is 0. The normalized spacial score (nSPS) is 26.8. The number of nitriles is 2. The van der Waals surface area contributed by atoms with Crippen molar-refractivity contribution in [2.45, 2.75) is 48.5 Å². The molecule has 1 heterocycles. The van der Waals surface area contributed by atoms with Crippen LogP contribution in [0.4, 0.5) is 4.79 Å². The second-order valence-corrected chi connectivity index (χ2v) is 8.89. The van der Waals surface area contributed by atoms with Crippen LogP contribution >= 0.6 is 23.5 Å². The molecule has 0 aromatic heterocycles. The second-order valence-electron chi connectivity index (χ2n) is 5.37. The Labute approximate surface area is 127 Å². The van der Waals surface area contributed by atoms with Crippen LogP contribution in [0.1, 0.15) is 34.1 Å². The maximum absolute atomic E-state index is 11.1. The van der Waals surface area contributed by atoms with E-state index in [0.29, 0.717) is 0 Å². The molecular formula is C13H17N3O2S2. The molecule has 1 rings (SSSR count). The molecule has 7 heteroatoms. The molecule has 5 nitrogen and oxygen atoms in total. The summed E-state index contributed by atoms with van der Waals surface area (Å²) in [5, 5.41) is 18.0. The van der Waals surface area contributed by atoms with Crippen molar-refractivity contribution in [3.63, 3.8) is 0 Å². The van der Waals surface area contributed by atoms with Crippen LogP contribution in [0.15, 0.2) is 11.0 Å². The highest BCUT2D eigenvalue weighted by molar-refractivity contribution is 8.24. The fraction of sp³-hybridized carbons (Fsp3) is 0.615. The van der Waals surface area contributed by atoms with E-state index in [9.17, 15) is 4.79 Å². The van der Waals surface area contributed by atoms with E-state index in [-0.39, 0.29) is 11.2 Å². The van der Waals surface area contributed by atoms with Crippen molar-refractivity contribution in [2.75, 3.05) is 0 Å². The molecule has 1 aliphatic rings. The number of hydrogen-bond donors (Lipinski definition) is 1. The molecule has 0 spiro atoms. The maximum Gasteiger partial charge on any atom is 0.405 e. The Kier molecular flexibility index (Phi) is 4.68. The first-order valence-electron chi connectivity index (χ1n) is 5.95. The van der Waals surface area contributed by atoms with Gasteiger partial charge in [0.25, 0.3) is 0 Å². The molecule has 0 bridgehead atoms. The monoisotopic (exact) mass is 311 g/mol. The first kappa shape index (κ1) is 16.7. The van der Waals surface area contributed by atoms with Crippen LogP contribution in [0.25, 0.3) is 0 Å². The molecule has 1 fully saturated rings. The highest BCUT2D eigenvalue weighted by atomic mass is 32.2. The molecule has 0 saturated carbocycles. The zero-order valence-corrected chi connectivity index (χ0v) is 13.5. The van der Waals surface area contributed by atoms with Gasteiger partial charge in [-0.25, -0.2) is 4.79 Å². The van der Waals surface area contributed by atoms with Gasteiger partial charge in [0.15, 0.2) is 0 Å². The van der Waals surface area contributed by atoms with Crippen molar-refractivity contribution in [1.82, 2.24) is 0 Å². The van der Waals surface area contributed by atoms with Crippen molar-refractivity contribution in [1.29, 1.82) is 10.5 Å². The van der Waals surface area contributed by atoms with Gasteiger partial charge < -0.3 is 10.5 Å². The Bertz CT molecular complexity index is 529. The third-order valence-corrected chi connectivity index (χ3v) is 7.21. The van der Waals surface area contributed by atoms with Gasteiger partial charge in [-0.1, -0.05) is 0 Å². The summed E-state index contributed by atoms with van der Waals surface area (Å²) in [6.45, 7) is 7.43. The molecule has 0 aromatic rings. The van der Waals surface area contributed by atoms with Gasteiger partial charge in [0.1, 0.15) is 9.68 Å². The molecule has 1 saturated heterocycles. The van der Waals surface area contributed by atoms with Crippen molar-refractivity contribution >= 4 is 29.6 Å². The number of ether oxygens (including phenoxy) is 1. The lowest BCUT2D eigenvalue weighted by Crippen LogP contribution is -2.48. The van der Waals surface area contributed by atoms with E-state index in [4.69, 9.17) is 21.0 Å². The Hall–Kier alpha value is -1.31. The summed E-state index contributed by atoms with van der Waals surface area (Å²) >= 11 is 2.93. The minimum Gasteiger partial charge on any atom is -0.441 e. The van der Waals surface area contributed by atoms with E-state index >= 15 is 0 Å². The first-order valence-corrected chi connectivity index (χ1v) is 7.58. The quantitative estimate of drug-likeness (QED) is 0.804. The van der Waals surface area contributed by atoms with Crippen molar-refractivity contribution in [3.05, 3.63) is 11.0 Å². The number of rotatable bonds is 3. The standard InChI is InChI=1S/C13H17N3O2S2/c1-11(2)9(5-7-14)19-13(20-11,6-8-15)12(3,4)18-10(16)17/h5H,6H2,1-4H3,(H2,16,17). The van der Waals surface area contributed by atoms with Gasteiger partial charge in [0, 0.05) is 15.7 Å². The minimum absolute atomic E-state index is 0.175. The number of hydrogen-bond acceptors (Lipinski definition) is 6. The molecule has 1 unspecified atom stereocenters. The number of nitrogens with two attached hydrogens (primary N) is 1.